The van der Waals surface area contributed by atoms with E-state index in [0.717, 1.165) is 59.9 Å². The molecule has 3 aromatic heterocycles. The Morgan fingerprint density at radius 1 is 0.967 bits per heavy atom. The summed E-state index contributed by atoms with van der Waals surface area (Å²) in [6.07, 6.45) is 10.1. The van der Waals surface area contributed by atoms with Gasteiger partial charge >= 0.3 is 0 Å². The van der Waals surface area contributed by atoms with Crippen LogP contribution in [0.25, 0.3) is 27.8 Å². The number of benzene rings is 1. The van der Waals surface area contributed by atoms with Gasteiger partial charge in [-0.2, -0.15) is 9.61 Å². The molecule has 2 aliphatic rings. The van der Waals surface area contributed by atoms with Gasteiger partial charge in [-0.25, -0.2) is 0 Å². The van der Waals surface area contributed by atoms with Crippen molar-refractivity contribution in [3.05, 3.63) is 48.9 Å². The first kappa shape index (κ1) is 17.8. The molecular weight excluding hydrogens is 376 g/mol. The third-order valence-electron chi connectivity index (χ3n) is 6.51. The number of pyridine rings is 1. The van der Waals surface area contributed by atoms with Crippen LogP contribution in [0.2, 0.25) is 0 Å². The minimum atomic E-state index is 0.309. The predicted molar refractivity (Wildman–Crippen MR) is 114 cm³/mol. The molecule has 30 heavy (non-hydrogen) atoms. The molecule has 7 nitrogen and oxygen atoms in total. The van der Waals surface area contributed by atoms with Gasteiger partial charge in [0, 0.05) is 36.3 Å². The van der Waals surface area contributed by atoms with E-state index in [1.165, 1.54) is 19.3 Å². The van der Waals surface area contributed by atoms with E-state index in [4.69, 9.17) is 9.84 Å². The van der Waals surface area contributed by atoms with Gasteiger partial charge in [0.25, 0.3) is 0 Å². The maximum absolute atomic E-state index is 6.29. The molecule has 1 aromatic carbocycles. The minimum absolute atomic E-state index is 0.309. The third-order valence-corrected chi connectivity index (χ3v) is 6.51. The summed E-state index contributed by atoms with van der Waals surface area (Å²) >= 11 is 0. The molecule has 7 heteroatoms. The van der Waals surface area contributed by atoms with Crippen LogP contribution in [0.3, 0.4) is 0 Å². The lowest BCUT2D eigenvalue weighted by Gasteiger charge is -2.41. The fraction of sp³-hybridized carbons (Fsp3) is 0.391. The summed E-state index contributed by atoms with van der Waals surface area (Å²) in [6, 6.07) is 13.0. The summed E-state index contributed by atoms with van der Waals surface area (Å²) in [7, 11) is 0. The number of fused-ring (bicyclic) bond motifs is 3. The molecule has 1 saturated carbocycles. The first-order chi connectivity index (χ1) is 14.8. The van der Waals surface area contributed by atoms with Crippen LogP contribution in [0, 0.1) is 0 Å². The largest absolute Gasteiger partial charge is 0.490 e. The number of piperidine rings is 1. The van der Waals surface area contributed by atoms with Crippen molar-refractivity contribution in [3.63, 3.8) is 0 Å². The fourth-order valence-corrected chi connectivity index (χ4v) is 4.60. The second kappa shape index (κ2) is 7.32. The number of hydrogen-bond donors (Lipinski definition) is 0. The first-order valence-corrected chi connectivity index (χ1v) is 10.8. The number of nitrogens with zero attached hydrogens (tertiary/aromatic N) is 6. The van der Waals surface area contributed by atoms with Gasteiger partial charge in [0.2, 0.25) is 5.65 Å². The Hall–Kier alpha value is -3.06. The molecule has 1 saturated heterocycles. The third kappa shape index (κ3) is 3.10. The summed E-state index contributed by atoms with van der Waals surface area (Å²) in [4.78, 5) is 7.15. The van der Waals surface area contributed by atoms with Gasteiger partial charge in [-0.15, -0.1) is 10.2 Å². The Balaban J connectivity index is 1.22. The lowest BCUT2D eigenvalue weighted by molar-refractivity contribution is 0.0493. The van der Waals surface area contributed by atoms with E-state index < -0.39 is 0 Å². The normalized spacial score (nSPS) is 18.7. The van der Waals surface area contributed by atoms with Crippen molar-refractivity contribution in [3.8, 4) is 17.0 Å². The van der Waals surface area contributed by atoms with Gasteiger partial charge < -0.3 is 9.64 Å². The predicted octanol–water partition coefficient (Wildman–Crippen LogP) is 3.74. The van der Waals surface area contributed by atoms with Gasteiger partial charge in [0.1, 0.15) is 29.4 Å². The molecule has 6 rings (SSSR count). The molecule has 0 N–H and O–H groups in total. The SMILES string of the molecule is c1cnc2c(c1)c(-c1ccc(OC3CCN(C4CCC4)CC3)cc1)nn1cnnc21. The highest BCUT2D eigenvalue weighted by molar-refractivity contribution is 5.98. The summed E-state index contributed by atoms with van der Waals surface area (Å²) in [5.41, 5.74) is 3.36. The Labute approximate surface area is 174 Å². The van der Waals surface area contributed by atoms with Gasteiger partial charge in [-0.1, -0.05) is 6.42 Å². The van der Waals surface area contributed by atoms with Crippen molar-refractivity contribution in [2.24, 2.45) is 0 Å². The molecular formula is C23H24N6O. The fourth-order valence-electron chi connectivity index (χ4n) is 4.60. The van der Waals surface area contributed by atoms with Crippen LogP contribution in [0.5, 0.6) is 5.75 Å². The summed E-state index contributed by atoms with van der Waals surface area (Å²) in [6.45, 7) is 2.32. The summed E-state index contributed by atoms with van der Waals surface area (Å²) in [5, 5.41) is 13.8. The molecule has 4 aromatic rings. The molecule has 0 radical (unpaired) electrons. The number of rotatable bonds is 4. The van der Waals surface area contributed by atoms with Crippen LogP contribution in [0.4, 0.5) is 0 Å². The van der Waals surface area contributed by atoms with Crippen LogP contribution >= 0.6 is 0 Å². The van der Waals surface area contributed by atoms with E-state index in [2.05, 4.69) is 32.2 Å². The molecule has 1 aliphatic heterocycles. The lowest BCUT2D eigenvalue weighted by atomic mass is 9.90. The molecule has 4 heterocycles. The number of hydrogen-bond acceptors (Lipinski definition) is 6. The van der Waals surface area contributed by atoms with E-state index in [-0.39, 0.29) is 0 Å². The Kier molecular flexibility index (Phi) is 4.34. The quantitative estimate of drug-likeness (QED) is 0.520. The molecule has 0 spiro atoms. The molecule has 152 valence electrons. The average Bonchev–Trinajstić information content (AvgIpc) is 3.23. The summed E-state index contributed by atoms with van der Waals surface area (Å²) in [5.74, 6) is 0.925. The van der Waals surface area contributed by atoms with Crippen molar-refractivity contribution < 1.29 is 4.74 Å². The highest BCUT2D eigenvalue weighted by atomic mass is 16.5. The number of ether oxygens (including phenoxy) is 1. The highest BCUT2D eigenvalue weighted by Gasteiger charge is 2.29. The first-order valence-electron chi connectivity index (χ1n) is 10.8. The lowest BCUT2D eigenvalue weighted by Crippen LogP contribution is -2.46. The van der Waals surface area contributed by atoms with Crippen LogP contribution in [-0.2, 0) is 0 Å². The van der Waals surface area contributed by atoms with Crippen molar-refractivity contribution in [1.82, 2.24) is 29.7 Å². The topological polar surface area (TPSA) is 68.4 Å². The van der Waals surface area contributed by atoms with E-state index in [1.54, 1.807) is 17.0 Å². The maximum atomic E-state index is 6.29. The molecule has 1 aliphatic carbocycles. The van der Waals surface area contributed by atoms with Crippen molar-refractivity contribution in [1.29, 1.82) is 0 Å². The van der Waals surface area contributed by atoms with Gasteiger partial charge in [0.05, 0.1) is 0 Å². The van der Waals surface area contributed by atoms with Crippen LogP contribution in [0.15, 0.2) is 48.9 Å². The van der Waals surface area contributed by atoms with Crippen LogP contribution < -0.4 is 4.74 Å². The molecule has 2 fully saturated rings. The Bertz CT molecular complexity index is 1180. The van der Waals surface area contributed by atoms with Gasteiger partial charge in [-0.3, -0.25) is 4.98 Å². The van der Waals surface area contributed by atoms with Gasteiger partial charge in [0.15, 0.2) is 0 Å². The van der Waals surface area contributed by atoms with E-state index in [1.807, 2.05) is 24.3 Å². The second-order valence-corrected chi connectivity index (χ2v) is 8.31. The maximum Gasteiger partial charge on any atom is 0.203 e. The van der Waals surface area contributed by atoms with Crippen LogP contribution in [0.1, 0.15) is 32.1 Å². The van der Waals surface area contributed by atoms with E-state index in [9.17, 15) is 0 Å². The number of aromatic nitrogens is 5. The Morgan fingerprint density at radius 2 is 1.80 bits per heavy atom. The summed E-state index contributed by atoms with van der Waals surface area (Å²) < 4.78 is 7.97. The monoisotopic (exact) mass is 400 g/mol. The zero-order valence-corrected chi connectivity index (χ0v) is 16.8. The molecule has 0 bridgehead atoms. The second-order valence-electron chi connectivity index (χ2n) is 8.31. The molecule has 0 amide bonds. The van der Waals surface area contributed by atoms with Crippen molar-refractivity contribution in [2.75, 3.05) is 13.1 Å². The molecule has 0 atom stereocenters. The van der Waals surface area contributed by atoms with E-state index in [0.29, 0.717) is 11.8 Å². The number of likely N-dealkylation sites (tertiary alicyclic amines) is 1. The van der Waals surface area contributed by atoms with Gasteiger partial charge in [-0.05, 0) is 62.1 Å². The zero-order chi connectivity index (χ0) is 19.9. The van der Waals surface area contributed by atoms with E-state index >= 15 is 0 Å². The van der Waals surface area contributed by atoms with Crippen molar-refractivity contribution in [2.45, 2.75) is 44.2 Å². The standard InChI is InChI=1S/C23H24N6O/c1-3-17(4-1)28-13-10-19(11-14-28)30-18-8-6-16(7-9-18)21-20-5-2-12-24-22(20)23-26-25-15-29(23)27-21/h2,5-9,12,15,17,19H,1,3-4,10-11,13-14H2. The highest BCUT2D eigenvalue weighted by Crippen LogP contribution is 2.31. The molecule has 0 unspecified atom stereocenters. The minimum Gasteiger partial charge on any atom is -0.490 e. The Morgan fingerprint density at radius 3 is 2.57 bits per heavy atom. The van der Waals surface area contributed by atoms with Crippen molar-refractivity contribution >= 4 is 16.6 Å². The zero-order valence-electron chi connectivity index (χ0n) is 16.8. The average molecular weight is 400 g/mol. The van der Waals surface area contributed by atoms with Crippen LogP contribution in [-0.4, -0.2) is 54.9 Å². The smallest absolute Gasteiger partial charge is 0.203 e.